The van der Waals surface area contributed by atoms with E-state index in [-0.39, 0.29) is 0 Å². The zero-order chi connectivity index (χ0) is 18.4. The Morgan fingerprint density at radius 2 is 2.00 bits per heavy atom. The van der Waals surface area contributed by atoms with Gasteiger partial charge in [0.15, 0.2) is 0 Å². The van der Waals surface area contributed by atoms with Crippen molar-refractivity contribution in [3.8, 4) is 5.75 Å². The lowest BCUT2D eigenvalue weighted by Gasteiger charge is -2.13. The molecule has 26 heavy (non-hydrogen) atoms. The predicted octanol–water partition coefficient (Wildman–Crippen LogP) is 4.14. The van der Waals surface area contributed by atoms with Crippen LogP contribution in [-0.2, 0) is 17.9 Å². The molecule has 0 fully saturated rings. The van der Waals surface area contributed by atoms with Crippen molar-refractivity contribution in [1.29, 1.82) is 0 Å². The second kappa shape index (κ2) is 8.68. The topological polar surface area (TPSA) is 34.1 Å². The van der Waals surface area contributed by atoms with Crippen LogP contribution in [0.3, 0.4) is 0 Å². The van der Waals surface area contributed by atoms with Gasteiger partial charge in [-0.15, -0.1) is 0 Å². The summed E-state index contributed by atoms with van der Waals surface area (Å²) in [6, 6.07) is 14.9. The largest absolute Gasteiger partial charge is 0.488 e. The Kier molecular flexibility index (Phi) is 6.08. The molecule has 2 aromatic carbocycles. The van der Waals surface area contributed by atoms with E-state index in [1.54, 1.807) is 13.3 Å². The van der Waals surface area contributed by atoms with Gasteiger partial charge in [0.1, 0.15) is 19.5 Å². The van der Waals surface area contributed by atoms with Crippen LogP contribution in [0.25, 0.3) is 5.57 Å². The third-order valence-electron chi connectivity index (χ3n) is 4.46. The van der Waals surface area contributed by atoms with Crippen LogP contribution in [0.1, 0.15) is 28.7 Å². The third kappa shape index (κ3) is 4.33. The van der Waals surface area contributed by atoms with Crippen LogP contribution < -0.4 is 4.74 Å². The minimum Gasteiger partial charge on any atom is -0.488 e. The second-order valence-electron chi connectivity index (χ2n) is 6.66. The monoisotopic (exact) mass is 350 g/mol. The number of benzene rings is 2. The van der Waals surface area contributed by atoms with E-state index in [0.717, 1.165) is 30.7 Å². The summed E-state index contributed by atoms with van der Waals surface area (Å²) in [4.78, 5) is 6.97. The zero-order valence-electron chi connectivity index (χ0n) is 15.7. The van der Waals surface area contributed by atoms with E-state index in [2.05, 4.69) is 72.7 Å². The van der Waals surface area contributed by atoms with Gasteiger partial charge in [0.25, 0.3) is 0 Å². The number of fused-ring (bicyclic) bond motifs is 2. The van der Waals surface area contributed by atoms with Crippen molar-refractivity contribution in [2.24, 2.45) is 5.16 Å². The minimum absolute atomic E-state index is 0.596. The molecule has 1 heterocycles. The molecule has 4 heteroatoms. The lowest BCUT2D eigenvalue weighted by molar-refractivity contribution is 0.215. The first-order chi connectivity index (χ1) is 12.7. The summed E-state index contributed by atoms with van der Waals surface area (Å²) >= 11 is 0. The van der Waals surface area contributed by atoms with E-state index in [4.69, 9.17) is 9.57 Å². The Labute approximate surface area is 155 Å². The van der Waals surface area contributed by atoms with Gasteiger partial charge < -0.3 is 14.5 Å². The Balaban J connectivity index is 2.02. The van der Waals surface area contributed by atoms with Crippen LogP contribution >= 0.6 is 0 Å². The quantitative estimate of drug-likeness (QED) is 0.580. The highest BCUT2D eigenvalue weighted by molar-refractivity contribution is 5.85. The van der Waals surface area contributed by atoms with Gasteiger partial charge in [-0.1, -0.05) is 41.6 Å². The summed E-state index contributed by atoms with van der Waals surface area (Å²) in [7, 11) is 5.76. The minimum atomic E-state index is 0.596. The molecule has 0 atom stereocenters. The predicted molar refractivity (Wildman–Crippen MR) is 107 cm³/mol. The van der Waals surface area contributed by atoms with Crippen LogP contribution in [-0.4, -0.2) is 38.9 Å². The molecule has 4 nitrogen and oxygen atoms in total. The van der Waals surface area contributed by atoms with E-state index >= 15 is 0 Å². The summed E-state index contributed by atoms with van der Waals surface area (Å²) < 4.78 is 6.10. The smallest absolute Gasteiger partial charge is 0.127 e. The van der Waals surface area contributed by atoms with Crippen LogP contribution in [0.15, 0.2) is 53.7 Å². The molecule has 0 aliphatic carbocycles. The van der Waals surface area contributed by atoms with Crippen LogP contribution in [0, 0.1) is 0 Å². The van der Waals surface area contributed by atoms with E-state index in [0.29, 0.717) is 6.61 Å². The maximum absolute atomic E-state index is 6.10. The molecule has 1 aliphatic heterocycles. The summed E-state index contributed by atoms with van der Waals surface area (Å²) in [5.41, 5.74) is 6.07. The van der Waals surface area contributed by atoms with Gasteiger partial charge in [-0.2, -0.15) is 0 Å². The summed E-state index contributed by atoms with van der Waals surface area (Å²) in [5, 5.41) is 3.85. The molecular weight excluding hydrogens is 324 g/mol. The van der Waals surface area contributed by atoms with Gasteiger partial charge in [-0.25, -0.2) is 0 Å². The molecular formula is C22H26N2O2. The molecule has 0 spiro atoms. The van der Waals surface area contributed by atoms with Gasteiger partial charge in [0, 0.05) is 24.7 Å². The number of nitrogens with zero attached hydrogens (tertiary/aromatic N) is 2. The van der Waals surface area contributed by atoms with Crippen LogP contribution in [0.4, 0.5) is 0 Å². The standard InChI is InChI=1S/C22H26N2O2/c1-24(2)14-6-9-20-19-8-5-4-7-18(19)16-26-22-11-10-17(15-21(20)22)12-13-23-25-3/h4-5,7-11,13,15H,6,12,14,16H2,1-3H3/b20-9?,23-13-. The molecule has 0 saturated heterocycles. The number of hydrogen-bond donors (Lipinski definition) is 0. The highest BCUT2D eigenvalue weighted by Crippen LogP contribution is 2.37. The molecule has 0 unspecified atom stereocenters. The van der Waals surface area contributed by atoms with E-state index < -0.39 is 0 Å². The normalized spacial score (nSPS) is 14.8. The molecule has 0 saturated carbocycles. The first kappa shape index (κ1) is 18.2. The van der Waals surface area contributed by atoms with E-state index in [1.807, 2.05) is 0 Å². The van der Waals surface area contributed by atoms with Crippen LogP contribution in [0.2, 0.25) is 0 Å². The Bertz CT molecular complexity index is 810. The zero-order valence-corrected chi connectivity index (χ0v) is 15.7. The third-order valence-corrected chi connectivity index (χ3v) is 4.46. The van der Waals surface area contributed by atoms with Crippen molar-refractivity contribution >= 4 is 11.8 Å². The number of hydrogen-bond acceptors (Lipinski definition) is 4. The molecule has 3 rings (SSSR count). The lowest BCUT2D eigenvalue weighted by atomic mass is 9.92. The number of ether oxygens (including phenoxy) is 1. The first-order valence-electron chi connectivity index (χ1n) is 8.93. The van der Waals surface area contributed by atoms with Crippen molar-refractivity contribution in [2.45, 2.75) is 19.4 Å². The van der Waals surface area contributed by atoms with Crippen molar-refractivity contribution in [1.82, 2.24) is 4.90 Å². The Hall–Kier alpha value is -2.59. The molecule has 0 N–H and O–H groups in total. The fraction of sp³-hybridized carbons (Fsp3) is 0.318. The van der Waals surface area contributed by atoms with Gasteiger partial charge in [-0.3, -0.25) is 0 Å². The average molecular weight is 350 g/mol. The fourth-order valence-corrected chi connectivity index (χ4v) is 3.15. The van der Waals surface area contributed by atoms with Crippen molar-refractivity contribution in [3.05, 3.63) is 70.8 Å². The van der Waals surface area contributed by atoms with Crippen LogP contribution in [0.5, 0.6) is 5.75 Å². The molecule has 0 aromatic heterocycles. The molecule has 2 aromatic rings. The fourth-order valence-electron chi connectivity index (χ4n) is 3.15. The SMILES string of the molecule is CO/N=C\Cc1ccc2c(c1)C(=CCCN(C)C)c1ccccc1CO2. The average Bonchev–Trinajstić information content (AvgIpc) is 2.79. The van der Waals surface area contributed by atoms with Crippen molar-refractivity contribution in [3.63, 3.8) is 0 Å². The van der Waals surface area contributed by atoms with Gasteiger partial charge >= 0.3 is 0 Å². The first-order valence-corrected chi connectivity index (χ1v) is 8.93. The van der Waals surface area contributed by atoms with Gasteiger partial charge in [0.2, 0.25) is 0 Å². The molecule has 0 bridgehead atoms. The van der Waals surface area contributed by atoms with Crippen molar-refractivity contribution < 1.29 is 9.57 Å². The summed E-state index contributed by atoms with van der Waals surface area (Å²) in [6.07, 6.45) is 5.83. The summed E-state index contributed by atoms with van der Waals surface area (Å²) in [5.74, 6) is 0.935. The van der Waals surface area contributed by atoms with Gasteiger partial charge in [0.05, 0.1) is 0 Å². The molecule has 1 aliphatic rings. The Morgan fingerprint density at radius 1 is 1.15 bits per heavy atom. The summed E-state index contributed by atoms with van der Waals surface area (Å²) in [6.45, 7) is 1.61. The number of rotatable bonds is 6. The van der Waals surface area contributed by atoms with Crippen molar-refractivity contribution in [2.75, 3.05) is 27.7 Å². The second-order valence-corrected chi connectivity index (χ2v) is 6.66. The lowest BCUT2D eigenvalue weighted by Crippen LogP contribution is -2.12. The highest BCUT2D eigenvalue weighted by atomic mass is 16.6. The Morgan fingerprint density at radius 3 is 2.81 bits per heavy atom. The van der Waals surface area contributed by atoms with E-state index in [1.165, 1.54) is 22.3 Å². The van der Waals surface area contributed by atoms with E-state index in [9.17, 15) is 0 Å². The maximum Gasteiger partial charge on any atom is 0.127 e. The maximum atomic E-state index is 6.10. The molecule has 0 amide bonds. The molecule has 0 radical (unpaired) electrons. The molecule has 136 valence electrons. The van der Waals surface area contributed by atoms with Gasteiger partial charge in [-0.05, 0) is 54.9 Å². The number of oxime groups is 1. The highest BCUT2D eigenvalue weighted by Gasteiger charge is 2.19.